The monoisotopic (exact) mass is 169 g/mol. The fraction of sp³-hybridized carbons (Fsp3) is 0.900. The van der Waals surface area contributed by atoms with E-state index in [4.69, 9.17) is 0 Å². The number of hydrogen-bond acceptors (Lipinski definition) is 2. The fourth-order valence-corrected chi connectivity index (χ4v) is 2.19. The number of nitrogens with one attached hydrogen (secondary N) is 1. The van der Waals surface area contributed by atoms with Crippen molar-refractivity contribution in [3.8, 4) is 0 Å². The molecule has 1 fully saturated rings. The summed E-state index contributed by atoms with van der Waals surface area (Å²) in [4.78, 5) is 10.6. The first-order valence-corrected chi connectivity index (χ1v) is 4.89. The Kier molecular flexibility index (Phi) is 3.27. The van der Waals surface area contributed by atoms with Gasteiger partial charge in [-0.2, -0.15) is 0 Å². The van der Waals surface area contributed by atoms with E-state index in [0.29, 0.717) is 5.41 Å². The number of carbonyl (C=O) groups is 1. The standard InChI is InChI=1S/C10H19NO/c1-3-4-10(2)5-6-11-9(7-10)8-12/h8-9,11H,3-7H2,1-2H3/t9-,10+/m0/s1. The maximum Gasteiger partial charge on any atom is 0.136 e. The van der Waals surface area contributed by atoms with Crippen LogP contribution in [0.4, 0.5) is 0 Å². The van der Waals surface area contributed by atoms with Crippen molar-refractivity contribution >= 4 is 6.29 Å². The summed E-state index contributed by atoms with van der Waals surface area (Å²) in [5.41, 5.74) is 0.408. The predicted octanol–water partition coefficient (Wildman–Crippen LogP) is 1.74. The Morgan fingerprint density at radius 1 is 1.67 bits per heavy atom. The Morgan fingerprint density at radius 3 is 3.00 bits per heavy atom. The molecule has 0 unspecified atom stereocenters. The summed E-state index contributed by atoms with van der Waals surface area (Å²) in [7, 11) is 0. The second kappa shape index (κ2) is 4.04. The quantitative estimate of drug-likeness (QED) is 0.652. The first kappa shape index (κ1) is 9.72. The Morgan fingerprint density at radius 2 is 2.42 bits per heavy atom. The fourth-order valence-electron chi connectivity index (χ4n) is 2.19. The molecule has 1 rings (SSSR count). The minimum absolute atomic E-state index is 0.107. The van der Waals surface area contributed by atoms with Crippen molar-refractivity contribution in [1.82, 2.24) is 5.32 Å². The SMILES string of the molecule is CCC[C@]1(C)CCN[C@H](C=O)C1. The summed E-state index contributed by atoms with van der Waals surface area (Å²) in [6.07, 6.45) is 5.75. The number of hydrogen-bond donors (Lipinski definition) is 1. The Bertz CT molecular complexity index is 154. The molecule has 0 spiro atoms. The van der Waals surface area contributed by atoms with E-state index in [-0.39, 0.29) is 6.04 Å². The van der Waals surface area contributed by atoms with Crippen LogP contribution in [0.3, 0.4) is 0 Å². The molecule has 0 bridgehead atoms. The van der Waals surface area contributed by atoms with Gasteiger partial charge in [-0.25, -0.2) is 0 Å². The lowest BCUT2D eigenvalue weighted by molar-refractivity contribution is -0.111. The molecule has 0 amide bonds. The van der Waals surface area contributed by atoms with Gasteiger partial charge >= 0.3 is 0 Å². The second-order valence-electron chi connectivity index (χ2n) is 4.21. The molecular weight excluding hydrogens is 150 g/mol. The molecule has 2 heteroatoms. The molecule has 0 aromatic rings. The van der Waals surface area contributed by atoms with Crippen molar-refractivity contribution in [3.63, 3.8) is 0 Å². The largest absolute Gasteiger partial charge is 0.308 e. The molecule has 0 aromatic heterocycles. The maximum absolute atomic E-state index is 10.6. The lowest BCUT2D eigenvalue weighted by atomic mass is 9.75. The van der Waals surface area contributed by atoms with Crippen LogP contribution in [-0.4, -0.2) is 18.9 Å². The highest BCUT2D eigenvalue weighted by Crippen LogP contribution is 2.34. The minimum atomic E-state index is 0.107. The van der Waals surface area contributed by atoms with Crippen LogP contribution in [-0.2, 0) is 4.79 Å². The van der Waals surface area contributed by atoms with Gasteiger partial charge in [-0.3, -0.25) is 0 Å². The average molecular weight is 169 g/mol. The van der Waals surface area contributed by atoms with E-state index < -0.39 is 0 Å². The van der Waals surface area contributed by atoms with Crippen molar-refractivity contribution in [1.29, 1.82) is 0 Å². The smallest absolute Gasteiger partial charge is 0.136 e. The number of rotatable bonds is 3. The summed E-state index contributed by atoms with van der Waals surface area (Å²) >= 11 is 0. The van der Waals surface area contributed by atoms with Crippen molar-refractivity contribution in [3.05, 3.63) is 0 Å². The van der Waals surface area contributed by atoms with Gasteiger partial charge in [-0.15, -0.1) is 0 Å². The zero-order chi connectivity index (χ0) is 9.03. The van der Waals surface area contributed by atoms with Crippen molar-refractivity contribution in [2.75, 3.05) is 6.54 Å². The Labute approximate surface area is 74.7 Å². The minimum Gasteiger partial charge on any atom is -0.308 e. The van der Waals surface area contributed by atoms with Gasteiger partial charge in [0.15, 0.2) is 0 Å². The van der Waals surface area contributed by atoms with Gasteiger partial charge in [0.25, 0.3) is 0 Å². The molecule has 0 saturated carbocycles. The van der Waals surface area contributed by atoms with E-state index in [2.05, 4.69) is 19.2 Å². The number of aldehydes is 1. The summed E-state index contributed by atoms with van der Waals surface area (Å²) < 4.78 is 0. The normalized spacial score (nSPS) is 36.3. The summed E-state index contributed by atoms with van der Waals surface area (Å²) in [6.45, 7) is 5.51. The highest BCUT2D eigenvalue weighted by molar-refractivity contribution is 5.57. The van der Waals surface area contributed by atoms with Crippen LogP contribution in [0.15, 0.2) is 0 Å². The first-order chi connectivity index (χ1) is 5.70. The molecule has 1 saturated heterocycles. The highest BCUT2D eigenvalue weighted by Gasteiger charge is 2.30. The predicted molar refractivity (Wildman–Crippen MR) is 50.1 cm³/mol. The first-order valence-electron chi connectivity index (χ1n) is 4.89. The van der Waals surface area contributed by atoms with Crippen molar-refractivity contribution in [2.45, 2.75) is 45.6 Å². The second-order valence-corrected chi connectivity index (χ2v) is 4.21. The Balaban J connectivity index is 2.48. The van der Waals surface area contributed by atoms with Crippen LogP contribution in [0.2, 0.25) is 0 Å². The molecule has 2 nitrogen and oxygen atoms in total. The van der Waals surface area contributed by atoms with Gasteiger partial charge in [0.1, 0.15) is 6.29 Å². The molecule has 0 radical (unpaired) electrons. The van der Waals surface area contributed by atoms with Crippen LogP contribution in [0, 0.1) is 5.41 Å². The molecule has 12 heavy (non-hydrogen) atoms. The third-order valence-corrected chi connectivity index (χ3v) is 2.87. The molecule has 1 N–H and O–H groups in total. The zero-order valence-corrected chi connectivity index (χ0v) is 8.10. The van der Waals surface area contributed by atoms with Crippen LogP contribution in [0.5, 0.6) is 0 Å². The molecule has 1 aliphatic heterocycles. The maximum atomic E-state index is 10.6. The van der Waals surface area contributed by atoms with Crippen LogP contribution in [0.1, 0.15) is 39.5 Å². The lowest BCUT2D eigenvalue weighted by Crippen LogP contribution is -2.43. The van der Waals surface area contributed by atoms with E-state index in [1.807, 2.05) is 0 Å². The highest BCUT2D eigenvalue weighted by atomic mass is 16.1. The van der Waals surface area contributed by atoms with E-state index in [1.165, 1.54) is 19.3 Å². The van der Waals surface area contributed by atoms with E-state index in [0.717, 1.165) is 19.3 Å². The van der Waals surface area contributed by atoms with Gasteiger partial charge in [-0.1, -0.05) is 20.3 Å². The van der Waals surface area contributed by atoms with Gasteiger partial charge in [-0.05, 0) is 31.2 Å². The van der Waals surface area contributed by atoms with Crippen LogP contribution in [0.25, 0.3) is 0 Å². The van der Waals surface area contributed by atoms with E-state index >= 15 is 0 Å². The lowest BCUT2D eigenvalue weighted by Gasteiger charge is -2.36. The molecule has 1 aliphatic rings. The van der Waals surface area contributed by atoms with Gasteiger partial charge in [0.05, 0.1) is 6.04 Å². The molecular formula is C10H19NO. The Hall–Kier alpha value is -0.370. The van der Waals surface area contributed by atoms with Gasteiger partial charge in [0.2, 0.25) is 0 Å². The topological polar surface area (TPSA) is 29.1 Å². The van der Waals surface area contributed by atoms with E-state index in [9.17, 15) is 4.79 Å². The van der Waals surface area contributed by atoms with Gasteiger partial charge in [0, 0.05) is 0 Å². The van der Waals surface area contributed by atoms with Crippen LogP contribution < -0.4 is 5.32 Å². The molecule has 1 heterocycles. The molecule has 70 valence electrons. The molecule has 0 aromatic carbocycles. The summed E-state index contributed by atoms with van der Waals surface area (Å²) in [5.74, 6) is 0. The van der Waals surface area contributed by atoms with E-state index in [1.54, 1.807) is 0 Å². The number of piperidine rings is 1. The van der Waals surface area contributed by atoms with Gasteiger partial charge < -0.3 is 10.1 Å². The number of carbonyl (C=O) groups excluding carboxylic acids is 1. The zero-order valence-electron chi connectivity index (χ0n) is 8.10. The average Bonchev–Trinajstić information content (AvgIpc) is 2.04. The summed E-state index contributed by atoms with van der Waals surface area (Å²) in [6, 6.07) is 0.107. The van der Waals surface area contributed by atoms with Crippen molar-refractivity contribution in [2.24, 2.45) is 5.41 Å². The third kappa shape index (κ3) is 2.31. The molecule has 2 atom stereocenters. The third-order valence-electron chi connectivity index (χ3n) is 2.87. The molecule has 0 aliphatic carbocycles. The summed E-state index contributed by atoms with van der Waals surface area (Å²) in [5, 5.41) is 3.21. The van der Waals surface area contributed by atoms with Crippen molar-refractivity contribution < 1.29 is 4.79 Å². The van der Waals surface area contributed by atoms with Crippen LogP contribution >= 0.6 is 0 Å².